The van der Waals surface area contributed by atoms with Crippen molar-refractivity contribution in [3.8, 4) is 0 Å². The van der Waals surface area contributed by atoms with E-state index < -0.39 is 6.10 Å². The van der Waals surface area contributed by atoms with Gasteiger partial charge in [-0.1, -0.05) is 12.1 Å². The molecule has 92 valence electrons. The molecule has 1 aromatic rings. The van der Waals surface area contributed by atoms with Gasteiger partial charge in [-0.25, -0.2) is 0 Å². The number of benzene rings is 1. The van der Waals surface area contributed by atoms with Gasteiger partial charge in [-0.3, -0.25) is 4.79 Å². The van der Waals surface area contributed by atoms with Crippen LogP contribution in [0.1, 0.15) is 30.1 Å². The highest BCUT2D eigenvalue weighted by Crippen LogP contribution is 2.27. The molecule has 0 aromatic heterocycles. The van der Waals surface area contributed by atoms with Crippen molar-refractivity contribution in [1.29, 1.82) is 0 Å². The largest absolute Gasteiger partial charge is 0.388 e. The van der Waals surface area contributed by atoms with Crippen LogP contribution in [0.15, 0.2) is 18.2 Å². The highest BCUT2D eigenvalue weighted by Gasteiger charge is 2.16. The summed E-state index contributed by atoms with van der Waals surface area (Å²) in [6.07, 6.45) is 3.72. The number of rotatable bonds is 4. The summed E-state index contributed by atoms with van der Waals surface area (Å²) in [5, 5.41) is 12.8. The van der Waals surface area contributed by atoms with E-state index in [2.05, 4.69) is 5.32 Å². The smallest absolute Gasteiger partial charge is 0.224 e. The molecular weight excluding hydrogens is 234 g/mol. The van der Waals surface area contributed by atoms with Crippen molar-refractivity contribution in [2.75, 3.05) is 17.3 Å². The molecule has 1 amide bonds. The van der Waals surface area contributed by atoms with Gasteiger partial charge in [0, 0.05) is 12.1 Å². The van der Waals surface area contributed by atoms with E-state index in [1.54, 1.807) is 11.8 Å². The zero-order valence-electron chi connectivity index (χ0n) is 9.90. The topological polar surface area (TPSA) is 49.3 Å². The van der Waals surface area contributed by atoms with Crippen LogP contribution in [-0.4, -0.2) is 23.0 Å². The standard InChI is InChI=1S/C13H17NO2S/c1-17-7-6-12(15)10-2-4-11-9(8-10)3-5-13(16)14-11/h2,4,8,12,15H,3,5-7H2,1H3,(H,14,16). The number of hydrogen-bond acceptors (Lipinski definition) is 3. The lowest BCUT2D eigenvalue weighted by Gasteiger charge is -2.19. The van der Waals surface area contributed by atoms with Gasteiger partial charge in [0.05, 0.1) is 6.10 Å². The highest BCUT2D eigenvalue weighted by molar-refractivity contribution is 7.98. The van der Waals surface area contributed by atoms with Gasteiger partial charge in [-0.15, -0.1) is 0 Å². The predicted molar refractivity (Wildman–Crippen MR) is 71.4 cm³/mol. The normalized spacial score (nSPS) is 16.2. The number of carbonyl (C=O) groups is 1. The summed E-state index contributed by atoms with van der Waals surface area (Å²) in [6, 6.07) is 5.80. The lowest BCUT2D eigenvalue weighted by molar-refractivity contribution is -0.116. The number of amides is 1. The van der Waals surface area contributed by atoms with Crippen LogP contribution in [0.5, 0.6) is 0 Å². The monoisotopic (exact) mass is 251 g/mol. The molecule has 1 atom stereocenters. The van der Waals surface area contributed by atoms with E-state index >= 15 is 0 Å². The fourth-order valence-electron chi connectivity index (χ4n) is 2.01. The van der Waals surface area contributed by atoms with E-state index in [9.17, 15) is 9.90 Å². The zero-order valence-corrected chi connectivity index (χ0v) is 10.7. The number of carbonyl (C=O) groups excluding carboxylic acids is 1. The second-order valence-electron chi connectivity index (χ2n) is 4.26. The Morgan fingerprint density at radius 2 is 2.29 bits per heavy atom. The highest BCUT2D eigenvalue weighted by atomic mass is 32.2. The minimum atomic E-state index is -0.398. The molecule has 0 spiro atoms. The summed E-state index contributed by atoms with van der Waals surface area (Å²) < 4.78 is 0. The molecule has 1 aliphatic heterocycles. The number of aliphatic hydroxyl groups is 1. The molecular formula is C13H17NO2S. The summed E-state index contributed by atoms with van der Waals surface area (Å²) in [6.45, 7) is 0. The molecule has 0 saturated heterocycles. The average molecular weight is 251 g/mol. The van der Waals surface area contributed by atoms with Crippen LogP contribution in [0.3, 0.4) is 0 Å². The number of anilines is 1. The van der Waals surface area contributed by atoms with Gasteiger partial charge >= 0.3 is 0 Å². The zero-order chi connectivity index (χ0) is 12.3. The van der Waals surface area contributed by atoms with Gasteiger partial charge in [0.15, 0.2) is 0 Å². The van der Waals surface area contributed by atoms with Crippen molar-refractivity contribution in [3.63, 3.8) is 0 Å². The van der Waals surface area contributed by atoms with E-state index in [1.807, 2.05) is 24.5 Å². The lowest BCUT2D eigenvalue weighted by atomic mass is 9.97. The minimum Gasteiger partial charge on any atom is -0.388 e. The molecule has 0 radical (unpaired) electrons. The number of thioether (sulfide) groups is 1. The Morgan fingerprint density at radius 3 is 3.06 bits per heavy atom. The molecule has 0 aliphatic carbocycles. The first-order valence-corrected chi connectivity index (χ1v) is 7.20. The van der Waals surface area contributed by atoms with Crippen molar-refractivity contribution in [2.24, 2.45) is 0 Å². The maximum Gasteiger partial charge on any atom is 0.224 e. The first kappa shape index (κ1) is 12.5. The Labute approximate surface area is 106 Å². The molecule has 0 fully saturated rings. The van der Waals surface area contributed by atoms with Crippen molar-refractivity contribution in [1.82, 2.24) is 0 Å². The summed E-state index contributed by atoms with van der Waals surface area (Å²) in [5.41, 5.74) is 2.97. The number of aliphatic hydroxyl groups excluding tert-OH is 1. The van der Waals surface area contributed by atoms with Gasteiger partial charge < -0.3 is 10.4 Å². The summed E-state index contributed by atoms with van der Waals surface area (Å²) >= 11 is 1.74. The van der Waals surface area contributed by atoms with Gasteiger partial charge in [-0.2, -0.15) is 11.8 Å². The van der Waals surface area contributed by atoms with E-state index in [1.165, 1.54) is 0 Å². The van der Waals surface area contributed by atoms with Crippen LogP contribution < -0.4 is 5.32 Å². The number of aryl methyl sites for hydroxylation is 1. The quantitative estimate of drug-likeness (QED) is 0.863. The molecule has 1 aliphatic rings. The van der Waals surface area contributed by atoms with Crippen molar-refractivity contribution >= 4 is 23.4 Å². The Morgan fingerprint density at radius 1 is 1.47 bits per heavy atom. The molecule has 1 aromatic carbocycles. The molecule has 3 nitrogen and oxygen atoms in total. The first-order chi connectivity index (χ1) is 8.20. The van der Waals surface area contributed by atoms with Crippen LogP contribution in [0.2, 0.25) is 0 Å². The molecule has 0 bridgehead atoms. The number of hydrogen-bond donors (Lipinski definition) is 2. The molecule has 1 heterocycles. The Hall–Kier alpha value is -1.00. The molecule has 2 N–H and O–H groups in total. The molecule has 1 unspecified atom stereocenters. The number of fused-ring (bicyclic) bond motifs is 1. The summed E-state index contributed by atoms with van der Waals surface area (Å²) in [4.78, 5) is 11.2. The van der Waals surface area contributed by atoms with Crippen molar-refractivity contribution in [2.45, 2.75) is 25.4 Å². The number of nitrogens with one attached hydrogen (secondary N) is 1. The van der Waals surface area contributed by atoms with Crippen molar-refractivity contribution in [3.05, 3.63) is 29.3 Å². The van der Waals surface area contributed by atoms with Crippen LogP contribution in [0, 0.1) is 0 Å². The SMILES string of the molecule is CSCCC(O)c1ccc2c(c1)CCC(=O)N2. The van der Waals surface area contributed by atoms with Crippen LogP contribution in [-0.2, 0) is 11.2 Å². The maximum absolute atomic E-state index is 11.2. The van der Waals surface area contributed by atoms with Gasteiger partial charge in [0.2, 0.25) is 5.91 Å². The second-order valence-corrected chi connectivity index (χ2v) is 5.25. The molecule has 2 rings (SSSR count). The second kappa shape index (κ2) is 5.56. The van der Waals surface area contributed by atoms with E-state index in [4.69, 9.17) is 0 Å². The fraction of sp³-hybridized carbons (Fsp3) is 0.462. The Bertz CT molecular complexity index is 420. The minimum absolute atomic E-state index is 0.0770. The third kappa shape index (κ3) is 3.01. The third-order valence-corrected chi connectivity index (χ3v) is 3.65. The van der Waals surface area contributed by atoms with Crippen LogP contribution >= 0.6 is 11.8 Å². The lowest BCUT2D eigenvalue weighted by Crippen LogP contribution is -2.19. The maximum atomic E-state index is 11.2. The molecule has 17 heavy (non-hydrogen) atoms. The van der Waals surface area contributed by atoms with Gasteiger partial charge in [-0.05, 0) is 42.0 Å². The molecule has 0 saturated carbocycles. The molecule has 4 heteroatoms. The summed E-state index contributed by atoms with van der Waals surface area (Å²) in [7, 11) is 0. The fourth-order valence-corrected chi connectivity index (χ4v) is 2.47. The third-order valence-electron chi connectivity index (χ3n) is 3.00. The van der Waals surface area contributed by atoms with E-state index in [-0.39, 0.29) is 5.91 Å². The predicted octanol–water partition coefficient (Wildman–Crippen LogP) is 2.36. The van der Waals surface area contributed by atoms with Crippen LogP contribution in [0.4, 0.5) is 5.69 Å². The Kier molecular flexibility index (Phi) is 4.07. The van der Waals surface area contributed by atoms with E-state index in [0.29, 0.717) is 6.42 Å². The van der Waals surface area contributed by atoms with E-state index in [0.717, 1.165) is 35.4 Å². The first-order valence-electron chi connectivity index (χ1n) is 5.80. The van der Waals surface area contributed by atoms with Crippen molar-refractivity contribution < 1.29 is 9.90 Å². The summed E-state index contributed by atoms with van der Waals surface area (Å²) in [5.74, 6) is 1.03. The Balaban J connectivity index is 2.13. The van der Waals surface area contributed by atoms with Gasteiger partial charge in [0.25, 0.3) is 0 Å². The van der Waals surface area contributed by atoms with Crippen LogP contribution in [0.25, 0.3) is 0 Å². The van der Waals surface area contributed by atoms with Gasteiger partial charge in [0.1, 0.15) is 0 Å². The average Bonchev–Trinajstić information content (AvgIpc) is 2.35.